The highest BCUT2D eigenvalue weighted by molar-refractivity contribution is 6.05. The summed E-state index contributed by atoms with van der Waals surface area (Å²) in [7, 11) is 0. The molecule has 0 amide bonds. The maximum absolute atomic E-state index is 13.3. The number of aryl methyl sites for hydroxylation is 2. The van der Waals surface area contributed by atoms with Crippen molar-refractivity contribution < 1.29 is 23.1 Å². The summed E-state index contributed by atoms with van der Waals surface area (Å²) in [6.45, 7) is 9.43. The van der Waals surface area contributed by atoms with Crippen molar-refractivity contribution in [2.24, 2.45) is 0 Å². The van der Waals surface area contributed by atoms with Gasteiger partial charge in [-0.3, -0.25) is 9.69 Å². The van der Waals surface area contributed by atoms with Gasteiger partial charge in [0.2, 0.25) is 11.3 Å². The Balaban J connectivity index is 1.40. The Kier molecular flexibility index (Phi) is 7.02. The Labute approximate surface area is 211 Å². The zero-order valence-corrected chi connectivity index (χ0v) is 21.6. The highest BCUT2D eigenvalue weighted by atomic mass is 19.1. The van der Waals surface area contributed by atoms with Crippen LogP contribution in [-0.2, 0) is 0 Å². The van der Waals surface area contributed by atoms with Crippen LogP contribution in [-0.4, -0.2) is 47.5 Å². The molecule has 1 aromatic heterocycles. The summed E-state index contributed by atoms with van der Waals surface area (Å²) < 4.78 is 32.1. The minimum atomic E-state index is -0.244. The highest BCUT2D eigenvalue weighted by Gasteiger charge is 2.37. The molecule has 5 rings (SSSR count). The third kappa shape index (κ3) is 4.85. The number of ether oxygens (including phenoxy) is 2. The van der Waals surface area contributed by atoms with E-state index < -0.39 is 0 Å². The molecule has 0 N–H and O–H groups in total. The number of halogens is 1. The first-order valence-corrected chi connectivity index (χ1v) is 13.1. The average molecular weight is 495 g/mol. The molecule has 1 atom stereocenters. The van der Waals surface area contributed by atoms with Crippen molar-refractivity contribution in [2.45, 2.75) is 77.9 Å². The van der Waals surface area contributed by atoms with Gasteiger partial charge in [-0.25, -0.2) is 9.37 Å². The molecular weight excluding hydrogens is 459 g/mol. The maximum atomic E-state index is 13.3. The van der Waals surface area contributed by atoms with Crippen molar-refractivity contribution >= 4 is 16.9 Å². The maximum Gasteiger partial charge on any atom is 0.207 e. The minimum Gasteiger partial charge on any atom is -0.486 e. The number of rotatable bonds is 9. The summed E-state index contributed by atoms with van der Waals surface area (Å²) in [6, 6.07) is 7.22. The summed E-state index contributed by atoms with van der Waals surface area (Å²) in [6.07, 6.45) is 5.84. The topological polar surface area (TPSA) is 64.8 Å². The largest absolute Gasteiger partial charge is 0.486 e. The van der Waals surface area contributed by atoms with Gasteiger partial charge in [0.1, 0.15) is 17.4 Å². The van der Waals surface area contributed by atoms with Crippen molar-refractivity contribution in [3.63, 3.8) is 0 Å². The molecule has 1 aliphatic heterocycles. The van der Waals surface area contributed by atoms with Crippen LogP contribution in [0.4, 0.5) is 4.39 Å². The van der Waals surface area contributed by atoms with Crippen molar-refractivity contribution in [2.75, 3.05) is 19.7 Å². The predicted molar refractivity (Wildman–Crippen MR) is 137 cm³/mol. The fourth-order valence-corrected chi connectivity index (χ4v) is 5.58. The van der Waals surface area contributed by atoms with Gasteiger partial charge in [0.15, 0.2) is 17.4 Å². The van der Waals surface area contributed by atoms with Gasteiger partial charge in [0.25, 0.3) is 0 Å². The number of benzene rings is 2. The molecule has 1 saturated heterocycles. The molecule has 192 valence electrons. The van der Waals surface area contributed by atoms with Crippen molar-refractivity contribution in [1.82, 2.24) is 9.88 Å². The van der Waals surface area contributed by atoms with E-state index in [-0.39, 0.29) is 23.6 Å². The van der Waals surface area contributed by atoms with E-state index in [1.807, 2.05) is 6.92 Å². The average Bonchev–Trinajstić information content (AvgIpc) is 3.47. The van der Waals surface area contributed by atoms with Crippen LogP contribution >= 0.6 is 0 Å². The summed E-state index contributed by atoms with van der Waals surface area (Å²) in [5.74, 6) is 1.28. The second-order valence-corrected chi connectivity index (χ2v) is 10.3. The van der Waals surface area contributed by atoms with Gasteiger partial charge in [0.05, 0.1) is 12.2 Å². The molecule has 3 aromatic rings. The van der Waals surface area contributed by atoms with E-state index in [1.54, 1.807) is 26.0 Å². The van der Waals surface area contributed by atoms with Crippen LogP contribution in [0.25, 0.3) is 11.1 Å². The monoisotopic (exact) mass is 494 g/mol. The lowest BCUT2D eigenvalue weighted by Crippen LogP contribution is -2.57. The van der Waals surface area contributed by atoms with Crippen LogP contribution in [0.3, 0.4) is 0 Å². The van der Waals surface area contributed by atoms with Crippen molar-refractivity contribution in [1.29, 1.82) is 0 Å². The lowest BCUT2D eigenvalue weighted by molar-refractivity contribution is -0.00906. The Morgan fingerprint density at radius 3 is 2.53 bits per heavy atom. The third-order valence-electron chi connectivity index (χ3n) is 7.69. The summed E-state index contributed by atoms with van der Waals surface area (Å²) in [4.78, 5) is 19.8. The molecule has 0 bridgehead atoms. The van der Waals surface area contributed by atoms with E-state index in [0.29, 0.717) is 53.1 Å². The predicted octanol–water partition coefficient (Wildman–Crippen LogP) is 6.36. The van der Waals surface area contributed by atoms with Gasteiger partial charge >= 0.3 is 0 Å². The second-order valence-electron chi connectivity index (χ2n) is 10.3. The number of hydrogen-bond donors (Lipinski definition) is 0. The summed E-state index contributed by atoms with van der Waals surface area (Å²) >= 11 is 0. The van der Waals surface area contributed by atoms with E-state index in [1.165, 1.54) is 37.8 Å². The Morgan fingerprint density at radius 1 is 1.17 bits per heavy atom. The Morgan fingerprint density at radius 2 is 1.86 bits per heavy atom. The molecule has 2 fully saturated rings. The first-order chi connectivity index (χ1) is 17.3. The summed E-state index contributed by atoms with van der Waals surface area (Å²) in [5.41, 5.74) is 3.46. The number of carbonyl (C=O) groups excluding carboxylic acids is 1. The van der Waals surface area contributed by atoms with Crippen LogP contribution < -0.4 is 9.47 Å². The van der Waals surface area contributed by atoms with Gasteiger partial charge < -0.3 is 13.9 Å². The third-order valence-corrected chi connectivity index (χ3v) is 7.69. The number of likely N-dealkylation sites (tertiary alicyclic amines) is 1. The Bertz CT molecular complexity index is 1240. The smallest absolute Gasteiger partial charge is 0.207 e. The SMILES string of the molecule is CC(=O)c1c(OC2CN(C3CCCC3)C2)c(OCCC(C)c2ccc(F)cc2)c2oc(C)nc2c1C. The van der Waals surface area contributed by atoms with Gasteiger partial charge in [-0.05, 0) is 62.3 Å². The lowest BCUT2D eigenvalue weighted by atomic mass is 9.98. The molecule has 1 aliphatic carbocycles. The minimum absolute atomic E-state index is 0.00468. The van der Waals surface area contributed by atoms with Gasteiger partial charge in [-0.1, -0.05) is 31.9 Å². The molecule has 7 heteroatoms. The number of oxazole rings is 1. The van der Waals surface area contributed by atoms with Crippen LogP contribution in [0.15, 0.2) is 28.7 Å². The molecule has 2 heterocycles. The van der Waals surface area contributed by atoms with Crippen molar-refractivity contribution in [3.05, 3.63) is 52.7 Å². The number of fused-ring (bicyclic) bond motifs is 1. The van der Waals surface area contributed by atoms with Crippen LogP contribution in [0.5, 0.6) is 11.5 Å². The second kappa shape index (κ2) is 10.2. The van der Waals surface area contributed by atoms with Gasteiger partial charge in [0, 0.05) is 26.1 Å². The van der Waals surface area contributed by atoms with E-state index in [4.69, 9.17) is 13.9 Å². The molecule has 0 radical (unpaired) electrons. The van der Waals surface area contributed by atoms with E-state index in [0.717, 1.165) is 24.2 Å². The summed E-state index contributed by atoms with van der Waals surface area (Å²) in [5, 5.41) is 0. The quantitative estimate of drug-likeness (QED) is 0.322. The van der Waals surface area contributed by atoms with E-state index >= 15 is 0 Å². The molecule has 0 spiro atoms. The number of ketones is 1. The normalized spacial score (nSPS) is 17.9. The molecule has 36 heavy (non-hydrogen) atoms. The van der Waals surface area contributed by atoms with Crippen molar-refractivity contribution in [3.8, 4) is 11.5 Å². The zero-order valence-electron chi connectivity index (χ0n) is 21.6. The first-order valence-electron chi connectivity index (χ1n) is 13.1. The van der Waals surface area contributed by atoms with Gasteiger partial charge in [-0.15, -0.1) is 0 Å². The van der Waals surface area contributed by atoms with Crippen LogP contribution in [0.1, 0.15) is 79.2 Å². The van der Waals surface area contributed by atoms with Crippen LogP contribution in [0.2, 0.25) is 0 Å². The lowest BCUT2D eigenvalue weighted by Gasteiger charge is -2.43. The van der Waals surface area contributed by atoms with E-state index in [2.05, 4.69) is 16.8 Å². The molecule has 1 saturated carbocycles. The molecular formula is C29H35FN2O4. The highest BCUT2D eigenvalue weighted by Crippen LogP contribution is 2.44. The molecule has 2 aliphatic rings. The number of nitrogens with zero attached hydrogens (tertiary/aromatic N) is 2. The number of aromatic nitrogens is 1. The van der Waals surface area contributed by atoms with Gasteiger partial charge in [-0.2, -0.15) is 0 Å². The van der Waals surface area contributed by atoms with E-state index in [9.17, 15) is 9.18 Å². The molecule has 2 aromatic carbocycles. The first kappa shape index (κ1) is 24.8. The fourth-order valence-electron chi connectivity index (χ4n) is 5.58. The number of Topliss-reactive ketones (excluding diaryl/α,β-unsaturated/α-hetero) is 1. The fraction of sp³-hybridized carbons (Fsp3) is 0.517. The molecule has 1 unspecified atom stereocenters. The Hall–Kier alpha value is -2.93. The van der Waals surface area contributed by atoms with Crippen LogP contribution in [0, 0.1) is 19.7 Å². The number of hydrogen-bond acceptors (Lipinski definition) is 6. The molecule has 6 nitrogen and oxygen atoms in total. The standard InChI is InChI=1S/C29H35FN2O4/c1-17(21-9-11-22(30)12-10-21)13-14-34-29-27(36-24-15-32(16-24)23-7-5-6-8-23)25(19(3)33)18(2)26-28(29)35-20(4)31-26/h9-12,17,23-24H,5-8,13-16H2,1-4H3. The number of carbonyl (C=O) groups is 1. The zero-order chi connectivity index (χ0) is 25.4.